The average molecular weight is 1470 g/mol. The Morgan fingerprint density at radius 1 is 0.652 bits per heavy atom. The minimum Gasteiger partial charge on any atom is 0 e. The Kier molecular flexibility index (Phi) is 25.8. The van der Waals surface area contributed by atoms with Crippen LogP contribution in [0.15, 0.2) is 92.0 Å². The number of alkyl halides is 6. The van der Waals surface area contributed by atoms with Crippen molar-refractivity contribution in [1.82, 2.24) is 19.1 Å². The van der Waals surface area contributed by atoms with Gasteiger partial charge in [-0.15, -0.1) is 0 Å². The van der Waals surface area contributed by atoms with Gasteiger partial charge in [-0.3, -0.25) is 28.7 Å². The monoisotopic (exact) mass is 1470 g/mol. The molecule has 2 heterocycles. The van der Waals surface area contributed by atoms with Crippen LogP contribution in [0.5, 0.6) is 11.5 Å². The maximum atomic E-state index is 14.7. The normalized spacial score (nSPS) is 10.8. The van der Waals surface area contributed by atoms with Crippen LogP contribution >= 0.6 is 59.8 Å². The number of halogens is 14. The number of aromatic amines is 2. The smallest absolute Gasteiger partial charge is 0 e. The van der Waals surface area contributed by atoms with Gasteiger partial charge in [-0.2, -0.15) is 26.3 Å². The number of hydrogen-bond acceptors (Lipinski definition) is 8. The van der Waals surface area contributed by atoms with Gasteiger partial charge < -0.3 is 19.5 Å². The molecule has 0 bridgehead atoms. The molecule has 0 unspecified atom stereocenters. The van der Waals surface area contributed by atoms with Gasteiger partial charge in [0.1, 0.15) is 11.6 Å². The molecule has 28 heteroatoms. The van der Waals surface area contributed by atoms with Gasteiger partial charge in [-0.25, -0.2) is 27.2 Å². The Hall–Kier alpha value is -3.37. The van der Waals surface area contributed by atoms with Crippen molar-refractivity contribution in [2.75, 3.05) is 14.2 Å². The van der Waals surface area contributed by atoms with Crippen LogP contribution in [0, 0.1) is 40.7 Å². The fraction of sp³-hybridized carbons (Fsp3) is 0.220. The summed E-state index contributed by atoms with van der Waals surface area (Å²) in [5.41, 5.74) is -8.00. The van der Waals surface area contributed by atoms with Gasteiger partial charge in [0, 0.05) is 52.1 Å². The van der Waals surface area contributed by atoms with Gasteiger partial charge in [0.2, 0.25) is 0 Å². The van der Waals surface area contributed by atoms with Crippen molar-refractivity contribution >= 4 is 72.4 Å². The second-order valence-corrected chi connectivity index (χ2v) is 30.5. The molecule has 69 heavy (non-hydrogen) atoms. The molecule has 0 aliphatic rings. The van der Waals surface area contributed by atoms with E-state index in [0.717, 1.165) is 39.5 Å². The summed E-state index contributed by atoms with van der Waals surface area (Å²) in [5, 5.41) is 17.4. The molecule has 0 aliphatic carbocycles. The third-order valence-corrected chi connectivity index (χ3v) is 10.5. The van der Waals surface area contributed by atoms with Gasteiger partial charge in [-0.05, 0) is 72.8 Å². The predicted octanol–water partition coefficient (Wildman–Crippen LogP) is 5.44. The minimum absolute atomic E-state index is 0. The molecular formula is C41H36BF10I4N4O8V-. The zero-order valence-corrected chi connectivity index (χ0v) is 44.9. The Morgan fingerprint density at radius 2 is 1.04 bits per heavy atom. The van der Waals surface area contributed by atoms with E-state index in [0.29, 0.717) is 19.3 Å². The number of H-pyrrole nitrogens is 2. The second kappa shape index (κ2) is 28.0. The van der Waals surface area contributed by atoms with Crippen molar-refractivity contribution in [2.45, 2.75) is 46.7 Å². The molecular weight excluding hydrogens is 1440 g/mol. The third kappa shape index (κ3) is 16.3. The summed E-state index contributed by atoms with van der Waals surface area (Å²) < 4.78 is 146. The van der Waals surface area contributed by atoms with E-state index in [-0.39, 0.29) is 69.0 Å². The van der Waals surface area contributed by atoms with Gasteiger partial charge >= 0.3 is 81.3 Å². The second-order valence-electron chi connectivity index (χ2n) is 13.2. The van der Waals surface area contributed by atoms with Gasteiger partial charge in [-0.1, -0.05) is 43.8 Å². The number of nitrogens with zero attached hydrogens (tertiary/aromatic N) is 2. The summed E-state index contributed by atoms with van der Waals surface area (Å²) in [7, 11) is 0.725. The summed E-state index contributed by atoms with van der Waals surface area (Å²) in [6.45, 7) is 1.23. The van der Waals surface area contributed by atoms with E-state index in [1.54, 1.807) is 22.6 Å². The first-order valence-electron chi connectivity index (χ1n) is 18.2. The quantitative estimate of drug-likeness (QED) is 0.0888. The molecule has 0 fully saturated rings. The van der Waals surface area contributed by atoms with Crippen molar-refractivity contribution < 1.29 is 95.2 Å². The maximum Gasteiger partial charge on any atom is 0 e. The Morgan fingerprint density at radius 3 is 1.46 bits per heavy atom. The first-order chi connectivity index (χ1) is 31.3. The van der Waals surface area contributed by atoms with Crippen LogP contribution in [-0.2, 0) is 44.0 Å². The molecule has 12 nitrogen and oxygen atoms in total. The van der Waals surface area contributed by atoms with Crippen LogP contribution in [-0.4, -0.2) is 50.5 Å². The average Bonchev–Trinajstić information content (AvgIpc) is 3.24. The molecule has 4 aromatic carbocycles. The van der Waals surface area contributed by atoms with E-state index in [9.17, 15) is 63.1 Å². The molecule has 0 saturated carbocycles. The summed E-state index contributed by atoms with van der Waals surface area (Å²) >= 11 is 6.97. The summed E-state index contributed by atoms with van der Waals surface area (Å²) in [6.07, 6.45) is -9.61. The molecule has 375 valence electrons. The van der Waals surface area contributed by atoms with Gasteiger partial charge in [0.05, 0.1) is 47.6 Å². The van der Waals surface area contributed by atoms with Crippen LogP contribution in [0.25, 0.3) is 11.1 Å². The molecule has 0 atom stereocenters. The number of hydrogen-bond donors (Lipinski definition) is 4. The Labute approximate surface area is 441 Å². The van der Waals surface area contributed by atoms with E-state index in [2.05, 4.69) is 42.0 Å². The molecule has 6 rings (SSSR count). The first kappa shape index (κ1) is 63.6. The summed E-state index contributed by atoms with van der Waals surface area (Å²) in [4.78, 5) is 51.8. The topological polar surface area (TPSA) is 169 Å². The number of aromatic nitrogens is 4. The predicted molar refractivity (Wildman–Crippen MR) is 255 cm³/mol. The molecule has 0 spiro atoms. The van der Waals surface area contributed by atoms with Crippen molar-refractivity contribution in [1.29, 1.82) is 0 Å². The molecule has 1 radical (unpaired) electrons. The van der Waals surface area contributed by atoms with Crippen LogP contribution in [0.4, 0.5) is 43.9 Å². The molecule has 0 aliphatic heterocycles. The van der Waals surface area contributed by atoms with Crippen LogP contribution in [0.3, 0.4) is 0 Å². The van der Waals surface area contributed by atoms with E-state index in [4.69, 9.17) is 14.8 Å². The molecule has 4 N–H and O–H groups in total. The number of nitrogens with one attached hydrogen (secondary N) is 2. The Balaban J connectivity index is 0.000000535. The molecule has 0 saturated heterocycles. The fourth-order valence-corrected chi connectivity index (χ4v) is 6.49. The van der Waals surface area contributed by atoms with Crippen molar-refractivity contribution in [2.24, 2.45) is 0 Å². The fourth-order valence-electron chi connectivity index (χ4n) is 6.06. The SMILES string of the molecule is C.COc1cccc(-c2c(C)n(Cc3c(F)cccc3C(F)(F)F)c(=O)[nH]c2=O)c1F.COc1cccc(B(O)O)c1F.Cc1c(I)c(=O)[nH]c(=O)n1Cc1c(F)cccc1C(F)(F)F.I[I-]I.[V]. The number of ether oxygens (including phenoxy) is 2. The van der Waals surface area contributed by atoms with Crippen molar-refractivity contribution in [3.63, 3.8) is 0 Å². The van der Waals surface area contributed by atoms with Crippen molar-refractivity contribution in [3.05, 3.63) is 175 Å². The number of methoxy groups -OCH3 is 2. The van der Waals surface area contributed by atoms with E-state index in [1.807, 2.05) is 9.97 Å². The van der Waals surface area contributed by atoms with E-state index in [1.165, 1.54) is 64.5 Å². The van der Waals surface area contributed by atoms with Gasteiger partial charge in [0.15, 0.2) is 23.1 Å². The van der Waals surface area contributed by atoms with Crippen LogP contribution < -0.4 is 50.7 Å². The standard InChI is InChI=1S/C20H15F5N2O3.C13H9F4IN2O2.C7H8BFO3.CH4.I3.V/c1-10-16(11-5-3-8-15(30-2)17(11)22)18(28)26-19(29)27(10)9-12-13(20(23,24)25)6-4-7-14(12)21;1-6-10(18)11(21)19-12(22)20(6)5-7-8(13(15,16)17)3-2-4-9(7)14;1-12-6-4-2-3-5(7(6)9)8(10)11;;1-3-2;/h3-8H,9H2,1-2H3,(H,26,28,29);2-4H,5H2,1H3,(H,19,21,22);2-4,10-11H,1H3;1H4;;/q;;;;-1;. The Bertz CT molecular complexity index is 2960. The number of rotatable bonds is 8. The van der Waals surface area contributed by atoms with E-state index >= 15 is 0 Å². The first-order valence-corrected chi connectivity index (χ1v) is 31.8. The van der Waals surface area contributed by atoms with E-state index < -0.39 is 101 Å². The number of benzene rings is 4. The minimum atomic E-state index is -4.86. The van der Waals surface area contributed by atoms with Crippen molar-refractivity contribution in [3.8, 4) is 22.6 Å². The zero-order valence-electron chi connectivity index (χ0n) is 34.9. The largest absolute Gasteiger partial charge is 0 e. The van der Waals surface area contributed by atoms with Crippen LogP contribution in [0.1, 0.15) is 41.1 Å². The summed E-state index contributed by atoms with van der Waals surface area (Å²) in [6, 6.07) is 13.2. The molecule has 2 aromatic heterocycles. The third-order valence-electron chi connectivity index (χ3n) is 9.27. The van der Waals surface area contributed by atoms with Gasteiger partial charge in [0.25, 0.3) is 11.1 Å². The van der Waals surface area contributed by atoms with Crippen LogP contribution in [0.2, 0.25) is 0 Å². The molecule has 6 aromatic rings. The molecule has 0 amide bonds. The maximum absolute atomic E-state index is 14.7. The summed E-state index contributed by atoms with van der Waals surface area (Å²) in [5.74, 6) is -4.03. The zero-order chi connectivity index (χ0) is 50.7.